The van der Waals surface area contributed by atoms with Crippen molar-refractivity contribution in [3.05, 3.63) is 0 Å². The Balaban J connectivity index is 1.82. The van der Waals surface area contributed by atoms with Crippen LogP contribution in [0, 0.1) is 5.92 Å². The normalized spacial score (nSPS) is 27.7. The van der Waals surface area contributed by atoms with Gasteiger partial charge < -0.3 is 9.80 Å². The fraction of sp³-hybridized carbons (Fsp3) is 0.882. The number of likely N-dealkylation sites (tertiary alicyclic amines) is 2. The molecule has 0 bridgehead atoms. The zero-order valence-electron chi connectivity index (χ0n) is 14.5. The van der Waals surface area contributed by atoms with Gasteiger partial charge >= 0.3 is 0 Å². The van der Waals surface area contributed by atoms with Crippen LogP contribution in [-0.4, -0.2) is 72.3 Å². The molecule has 2 atom stereocenters. The number of hydrogen-bond acceptors (Lipinski definition) is 3. The molecular formula is C17H31N3O2. The highest BCUT2D eigenvalue weighted by atomic mass is 16.2. The zero-order chi connectivity index (χ0) is 16.3. The lowest BCUT2D eigenvalue weighted by Gasteiger charge is -2.41. The molecule has 0 spiro atoms. The molecule has 2 saturated heterocycles. The van der Waals surface area contributed by atoms with Crippen LogP contribution in [0.15, 0.2) is 0 Å². The van der Waals surface area contributed by atoms with Crippen molar-refractivity contribution in [3.63, 3.8) is 0 Å². The van der Waals surface area contributed by atoms with Crippen molar-refractivity contribution in [2.24, 2.45) is 5.92 Å². The molecule has 2 heterocycles. The maximum Gasteiger partial charge on any atom is 0.237 e. The summed E-state index contributed by atoms with van der Waals surface area (Å²) < 4.78 is 0. The molecule has 0 aliphatic carbocycles. The van der Waals surface area contributed by atoms with Gasteiger partial charge in [-0.25, -0.2) is 0 Å². The first-order valence-corrected chi connectivity index (χ1v) is 8.64. The van der Waals surface area contributed by atoms with Crippen LogP contribution in [0.4, 0.5) is 0 Å². The number of rotatable bonds is 3. The van der Waals surface area contributed by atoms with Gasteiger partial charge in [0.05, 0.1) is 6.54 Å². The first-order valence-electron chi connectivity index (χ1n) is 8.64. The second-order valence-electron chi connectivity index (χ2n) is 7.21. The Morgan fingerprint density at radius 3 is 2.05 bits per heavy atom. The van der Waals surface area contributed by atoms with E-state index in [1.807, 2.05) is 14.1 Å². The third kappa shape index (κ3) is 4.00. The van der Waals surface area contributed by atoms with E-state index in [-0.39, 0.29) is 17.7 Å². The maximum atomic E-state index is 12.6. The molecule has 2 amide bonds. The minimum absolute atomic E-state index is 0.134. The summed E-state index contributed by atoms with van der Waals surface area (Å²) in [7, 11) is 3.63. The Bertz CT molecular complexity index is 393. The second-order valence-corrected chi connectivity index (χ2v) is 7.21. The summed E-state index contributed by atoms with van der Waals surface area (Å²) in [6, 6.07) is 0.730. The largest absolute Gasteiger partial charge is 0.349 e. The van der Waals surface area contributed by atoms with Gasteiger partial charge in [-0.1, -0.05) is 0 Å². The van der Waals surface area contributed by atoms with Crippen molar-refractivity contribution in [2.75, 3.05) is 33.7 Å². The summed E-state index contributed by atoms with van der Waals surface area (Å²) in [6.45, 7) is 6.54. The standard InChI is InChI=1S/C17H31N3O2/c1-13-6-5-7-14(2)20(13)16(21)12-19-10-8-15(9-11-19)17(22)18(3)4/h13-15H,5-12H2,1-4H3. The monoisotopic (exact) mass is 309 g/mol. The molecule has 0 aromatic rings. The summed E-state index contributed by atoms with van der Waals surface area (Å²) in [6.07, 6.45) is 5.21. The molecule has 0 aromatic carbocycles. The van der Waals surface area contributed by atoms with Crippen LogP contribution < -0.4 is 0 Å². The molecule has 2 fully saturated rings. The van der Waals surface area contributed by atoms with E-state index >= 15 is 0 Å². The highest BCUT2D eigenvalue weighted by molar-refractivity contribution is 5.79. The van der Waals surface area contributed by atoms with Crippen LogP contribution in [0.2, 0.25) is 0 Å². The van der Waals surface area contributed by atoms with Gasteiger partial charge in [-0.05, 0) is 59.0 Å². The van der Waals surface area contributed by atoms with E-state index in [9.17, 15) is 9.59 Å². The third-order valence-corrected chi connectivity index (χ3v) is 5.22. The molecule has 0 aromatic heterocycles. The molecule has 2 aliphatic heterocycles. The van der Waals surface area contributed by atoms with Crippen LogP contribution in [0.5, 0.6) is 0 Å². The van der Waals surface area contributed by atoms with Crippen molar-refractivity contribution in [1.82, 2.24) is 14.7 Å². The average Bonchev–Trinajstić information content (AvgIpc) is 2.47. The number of amides is 2. The van der Waals surface area contributed by atoms with Crippen molar-refractivity contribution in [1.29, 1.82) is 0 Å². The van der Waals surface area contributed by atoms with Crippen LogP contribution in [-0.2, 0) is 9.59 Å². The molecular weight excluding hydrogens is 278 g/mol. The van der Waals surface area contributed by atoms with Crippen molar-refractivity contribution in [3.8, 4) is 0 Å². The predicted octanol–water partition coefficient (Wildman–Crippen LogP) is 1.58. The fourth-order valence-corrected chi connectivity index (χ4v) is 3.89. The Kier molecular flexibility index (Phi) is 5.84. The smallest absolute Gasteiger partial charge is 0.237 e. The second kappa shape index (κ2) is 7.44. The van der Waals surface area contributed by atoms with Crippen molar-refractivity contribution < 1.29 is 9.59 Å². The molecule has 2 aliphatic rings. The van der Waals surface area contributed by atoms with Gasteiger partial charge in [0.1, 0.15) is 0 Å². The third-order valence-electron chi connectivity index (χ3n) is 5.22. The molecule has 5 nitrogen and oxygen atoms in total. The minimum Gasteiger partial charge on any atom is -0.349 e. The maximum absolute atomic E-state index is 12.6. The summed E-state index contributed by atoms with van der Waals surface area (Å²) in [4.78, 5) is 30.6. The first kappa shape index (κ1) is 17.3. The highest BCUT2D eigenvalue weighted by Gasteiger charge is 2.31. The molecule has 2 rings (SSSR count). The minimum atomic E-state index is 0.134. The Hall–Kier alpha value is -1.10. The summed E-state index contributed by atoms with van der Waals surface area (Å²) >= 11 is 0. The zero-order valence-corrected chi connectivity index (χ0v) is 14.5. The van der Waals surface area contributed by atoms with Gasteiger partial charge in [0, 0.05) is 32.1 Å². The van der Waals surface area contributed by atoms with Crippen LogP contribution in [0.25, 0.3) is 0 Å². The van der Waals surface area contributed by atoms with Gasteiger partial charge in [-0.15, -0.1) is 0 Å². The summed E-state index contributed by atoms with van der Waals surface area (Å²) in [5, 5.41) is 0. The first-order chi connectivity index (χ1) is 10.4. The van der Waals surface area contributed by atoms with Gasteiger partial charge in [0.2, 0.25) is 11.8 Å². The number of nitrogens with zero attached hydrogens (tertiary/aromatic N) is 3. The average molecular weight is 309 g/mol. The quantitative estimate of drug-likeness (QED) is 0.795. The van der Waals surface area contributed by atoms with Crippen LogP contribution in [0.3, 0.4) is 0 Å². The van der Waals surface area contributed by atoms with Crippen molar-refractivity contribution in [2.45, 2.75) is 58.0 Å². The molecule has 5 heteroatoms. The van der Waals surface area contributed by atoms with Crippen molar-refractivity contribution >= 4 is 11.8 Å². The lowest BCUT2D eigenvalue weighted by Crippen LogP contribution is -2.52. The van der Waals surface area contributed by atoms with E-state index in [2.05, 4.69) is 23.6 Å². The molecule has 22 heavy (non-hydrogen) atoms. The molecule has 126 valence electrons. The van der Waals surface area contributed by atoms with Gasteiger partial charge in [-0.3, -0.25) is 14.5 Å². The number of carbonyl (C=O) groups is 2. The van der Waals surface area contributed by atoms with E-state index in [0.29, 0.717) is 18.6 Å². The lowest BCUT2D eigenvalue weighted by atomic mass is 9.95. The van der Waals surface area contributed by atoms with E-state index in [1.165, 1.54) is 6.42 Å². The Labute approximate surface area is 134 Å². The fourth-order valence-electron chi connectivity index (χ4n) is 3.89. The van der Waals surface area contributed by atoms with E-state index in [4.69, 9.17) is 0 Å². The van der Waals surface area contributed by atoms with Crippen LogP contribution in [0.1, 0.15) is 46.0 Å². The Morgan fingerprint density at radius 1 is 1.00 bits per heavy atom. The number of piperidine rings is 2. The van der Waals surface area contributed by atoms with Gasteiger partial charge in [-0.2, -0.15) is 0 Å². The van der Waals surface area contributed by atoms with E-state index in [0.717, 1.165) is 38.8 Å². The number of carbonyl (C=O) groups excluding carboxylic acids is 2. The Morgan fingerprint density at radius 2 is 1.55 bits per heavy atom. The molecule has 0 saturated carbocycles. The molecule has 0 N–H and O–H groups in total. The topological polar surface area (TPSA) is 43.9 Å². The predicted molar refractivity (Wildman–Crippen MR) is 87.5 cm³/mol. The van der Waals surface area contributed by atoms with E-state index < -0.39 is 0 Å². The van der Waals surface area contributed by atoms with Crippen LogP contribution >= 0.6 is 0 Å². The van der Waals surface area contributed by atoms with Gasteiger partial charge in [0.15, 0.2) is 0 Å². The SMILES string of the molecule is CC1CCCC(C)N1C(=O)CN1CCC(C(=O)N(C)C)CC1. The summed E-state index contributed by atoms with van der Waals surface area (Å²) in [5.41, 5.74) is 0. The summed E-state index contributed by atoms with van der Waals surface area (Å²) in [5.74, 6) is 0.621. The van der Waals surface area contributed by atoms with Gasteiger partial charge in [0.25, 0.3) is 0 Å². The highest BCUT2D eigenvalue weighted by Crippen LogP contribution is 2.24. The van der Waals surface area contributed by atoms with E-state index in [1.54, 1.807) is 4.90 Å². The molecule has 0 radical (unpaired) electrons. The molecule has 2 unspecified atom stereocenters. The number of hydrogen-bond donors (Lipinski definition) is 0. The lowest BCUT2D eigenvalue weighted by molar-refractivity contribution is -0.139.